The zero-order valence-electron chi connectivity index (χ0n) is 13.3. The largest absolute Gasteiger partial charge is 0.458 e. The van der Waals surface area contributed by atoms with Crippen molar-refractivity contribution in [1.29, 1.82) is 0 Å². The van der Waals surface area contributed by atoms with Crippen LogP contribution in [0.1, 0.15) is 40.0 Å². The van der Waals surface area contributed by atoms with Crippen LogP contribution in [0.4, 0.5) is 0 Å². The first kappa shape index (κ1) is 15.3. The molecule has 0 saturated carbocycles. The smallest absolute Gasteiger partial charge is 0.334 e. The molecule has 3 rings (SSSR count). The van der Waals surface area contributed by atoms with E-state index in [0.717, 1.165) is 18.4 Å². The van der Waals surface area contributed by atoms with Crippen LogP contribution in [0.15, 0.2) is 23.8 Å². The van der Waals surface area contributed by atoms with E-state index < -0.39 is 0 Å². The van der Waals surface area contributed by atoms with Crippen molar-refractivity contribution in [3.63, 3.8) is 0 Å². The highest BCUT2D eigenvalue weighted by Gasteiger charge is 2.61. The predicted molar refractivity (Wildman–Crippen MR) is 79.0 cm³/mol. The zero-order chi connectivity index (χ0) is 16.1. The van der Waals surface area contributed by atoms with E-state index in [-0.39, 0.29) is 41.8 Å². The van der Waals surface area contributed by atoms with Crippen LogP contribution in [0.2, 0.25) is 0 Å². The topological polar surface area (TPSA) is 65.1 Å². The second kappa shape index (κ2) is 5.23. The number of rotatable bonds is 1. The van der Waals surface area contributed by atoms with Crippen LogP contribution < -0.4 is 0 Å². The molecule has 2 heterocycles. The Hall–Kier alpha value is -1.62. The van der Waals surface area contributed by atoms with Gasteiger partial charge in [0, 0.05) is 18.4 Å². The van der Waals surface area contributed by atoms with Gasteiger partial charge < -0.3 is 14.2 Å². The lowest BCUT2D eigenvalue weighted by Crippen LogP contribution is -2.32. The Morgan fingerprint density at radius 2 is 2.23 bits per heavy atom. The fraction of sp³-hybridized carbons (Fsp3) is 0.647. The lowest BCUT2D eigenvalue weighted by atomic mass is 9.83. The summed E-state index contributed by atoms with van der Waals surface area (Å²) in [6, 6.07) is 0. The van der Waals surface area contributed by atoms with Gasteiger partial charge in [-0.2, -0.15) is 0 Å². The number of ether oxygens (including phenoxy) is 3. The minimum Gasteiger partial charge on any atom is -0.458 e. The Bertz CT molecular complexity index is 563. The molecular formula is C17H22O5. The lowest BCUT2D eigenvalue weighted by Gasteiger charge is -2.25. The average Bonchev–Trinajstić information content (AvgIpc) is 3.02. The van der Waals surface area contributed by atoms with Gasteiger partial charge in [-0.3, -0.25) is 4.79 Å². The van der Waals surface area contributed by atoms with Crippen molar-refractivity contribution in [2.24, 2.45) is 5.92 Å². The van der Waals surface area contributed by atoms with Crippen molar-refractivity contribution in [2.75, 3.05) is 0 Å². The summed E-state index contributed by atoms with van der Waals surface area (Å²) >= 11 is 0. The van der Waals surface area contributed by atoms with Crippen LogP contribution in [0.5, 0.6) is 0 Å². The molecule has 2 fully saturated rings. The number of esters is 2. The maximum atomic E-state index is 11.9. The first-order valence-corrected chi connectivity index (χ1v) is 7.73. The summed E-state index contributed by atoms with van der Waals surface area (Å²) < 4.78 is 16.8. The summed E-state index contributed by atoms with van der Waals surface area (Å²) in [7, 11) is 0. The van der Waals surface area contributed by atoms with Gasteiger partial charge in [0.25, 0.3) is 0 Å². The van der Waals surface area contributed by atoms with Gasteiger partial charge in [0.2, 0.25) is 0 Å². The molecule has 0 amide bonds. The highest BCUT2D eigenvalue weighted by atomic mass is 16.6. The molecule has 5 nitrogen and oxygen atoms in total. The van der Waals surface area contributed by atoms with Gasteiger partial charge >= 0.3 is 11.9 Å². The SMILES string of the molecule is C=C1C(=O)O[C@H]2[C@@H]1C[C@H](OC(C)=O)/C(C)=C/CC[C@@]1(C)O[C@@H]21. The van der Waals surface area contributed by atoms with Crippen molar-refractivity contribution in [1.82, 2.24) is 0 Å². The third-order valence-corrected chi connectivity index (χ3v) is 4.98. The van der Waals surface area contributed by atoms with Gasteiger partial charge in [-0.15, -0.1) is 0 Å². The summed E-state index contributed by atoms with van der Waals surface area (Å²) in [5.41, 5.74) is 1.22. The molecule has 0 N–H and O–H groups in total. The van der Waals surface area contributed by atoms with Crippen molar-refractivity contribution in [3.8, 4) is 0 Å². The number of epoxide rings is 1. The van der Waals surface area contributed by atoms with Gasteiger partial charge in [0.05, 0.1) is 5.60 Å². The third-order valence-electron chi connectivity index (χ3n) is 4.98. The van der Waals surface area contributed by atoms with Gasteiger partial charge in [0.1, 0.15) is 18.3 Å². The fourth-order valence-electron chi connectivity index (χ4n) is 3.53. The third kappa shape index (κ3) is 2.58. The second-order valence-electron chi connectivity index (χ2n) is 6.67. The van der Waals surface area contributed by atoms with E-state index >= 15 is 0 Å². The highest BCUT2D eigenvalue weighted by molar-refractivity contribution is 5.91. The molecule has 5 atom stereocenters. The summed E-state index contributed by atoms with van der Waals surface area (Å²) in [4.78, 5) is 23.3. The number of carbonyl (C=O) groups excluding carboxylic acids is 2. The van der Waals surface area contributed by atoms with E-state index in [9.17, 15) is 9.59 Å². The number of carbonyl (C=O) groups is 2. The van der Waals surface area contributed by atoms with E-state index in [2.05, 4.69) is 19.6 Å². The molecule has 0 unspecified atom stereocenters. The van der Waals surface area contributed by atoms with Crippen molar-refractivity contribution >= 4 is 11.9 Å². The molecule has 0 spiro atoms. The van der Waals surface area contributed by atoms with E-state index in [0.29, 0.717) is 12.0 Å². The molecular weight excluding hydrogens is 284 g/mol. The Morgan fingerprint density at radius 1 is 1.50 bits per heavy atom. The summed E-state index contributed by atoms with van der Waals surface area (Å²) in [5.74, 6) is -0.866. The number of fused-ring (bicyclic) bond motifs is 3. The maximum absolute atomic E-state index is 11.9. The molecule has 120 valence electrons. The van der Waals surface area contributed by atoms with E-state index in [4.69, 9.17) is 14.2 Å². The van der Waals surface area contributed by atoms with Crippen LogP contribution in [-0.2, 0) is 23.8 Å². The Morgan fingerprint density at radius 3 is 2.91 bits per heavy atom. The monoisotopic (exact) mass is 306 g/mol. The quantitative estimate of drug-likeness (QED) is 0.322. The minimum absolute atomic E-state index is 0.0921. The molecule has 0 aromatic carbocycles. The van der Waals surface area contributed by atoms with Gasteiger partial charge in [-0.1, -0.05) is 12.7 Å². The molecule has 5 heteroatoms. The Balaban J connectivity index is 1.91. The van der Waals surface area contributed by atoms with Crippen LogP contribution in [-0.4, -0.2) is 35.9 Å². The summed E-state index contributed by atoms with van der Waals surface area (Å²) in [6.07, 6.45) is 3.54. The number of allylic oxidation sites excluding steroid dienone is 1. The number of hydrogen-bond acceptors (Lipinski definition) is 5. The molecule has 1 aliphatic carbocycles. The van der Waals surface area contributed by atoms with E-state index in [1.54, 1.807) is 0 Å². The first-order chi connectivity index (χ1) is 10.3. The Kier molecular flexibility index (Phi) is 3.63. The van der Waals surface area contributed by atoms with Crippen LogP contribution in [0.3, 0.4) is 0 Å². The van der Waals surface area contributed by atoms with Crippen LogP contribution >= 0.6 is 0 Å². The standard InChI is InChI=1S/C17H22O5/c1-9-6-5-7-17(4)15(22-17)14-12(10(2)16(19)21-14)8-13(9)20-11(3)18/h6,12-15H,2,5,7-8H2,1,3-4H3/b9-6+/t12-,13+,14+,15+,17-/m1/s1. The normalized spacial score (nSPS) is 43.3. The molecule has 0 aromatic rings. The predicted octanol–water partition coefficient (Wildman–Crippen LogP) is 2.30. The average molecular weight is 306 g/mol. The van der Waals surface area contributed by atoms with Gasteiger partial charge in [0.15, 0.2) is 0 Å². The highest BCUT2D eigenvalue weighted by Crippen LogP contribution is 2.50. The minimum atomic E-state index is -0.365. The molecule has 3 aliphatic rings. The van der Waals surface area contributed by atoms with Gasteiger partial charge in [-0.25, -0.2) is 4.79 Å². The van der Waals surface area contributed by atoms with Crippen molar-refractivity contribution in [2.45, 2.75) is 63.9 Å². The van der Waals surface area contributed by atoms with E-state index in [1.807, 2.05) is 6.92 Å². The number of hydrogen-bond donors (Lipinski definition) is 0. The second-order valence-corrected chi connectivity index (χ2v) is 6.67. The van der Waals surface area contributed by atoms with Crippen LogP contribution in [0, 0.1) is 5.92 Å². The molecule has 22 heavy (non-hydrogen) atoms. The van der Waals surface area contributed by atoms with Crippen molar-refractivity contribution in [3.05, 3.63) is 23.8 Å². The zero-order valence-corrected chi connectivity index (χ0v) is 13.3. The molecule has 2 saturated heterocycles. The summed E-state index contributed by atoms with van der Waals surface area (Å²) in [6.45, 7) is 9.28. The molecule has 0 aromatic heterocycles. The van der Waals surface area contributed by atoms with E-state index in [1.165, 1.54) is 6.92 Å². The first-order valence-electron chi connectivity index (χ1n) is 7.73. The molecule has 0 bridgehead atoms. The van der Waals surface area contributed by atoms with Crippen LogP contribution in [0.25, 0.3) is 0 Å². The Labute approximate surface area is 130 Å². The molecule has 2 aliphatic heterocycles. The summed E-state index contributed by atoms with van der Waals surface area (Å²) in [5, 5.41) is 0. The molecule has 0 radical (unpaired) electrons. The van der Waals surface area contributed by atoms with Gasteiger partial charge in [-0.05, 0) is 38.7 Å². The maximum Gasteiger partial charge on any atom is 0.334 e. The fourth-order valence-corrected chi connectivity index (χ4v) is 3.53. The lowest BCUT2D eigenvalue weighted by molar-refractivity contribution is -0.146. The van der Waals surface area contributed by atoms with Crippen molar-refractivity contribution < 1.29 is 23.8 Å².